The number of rotatable bonds is 4. The first-order valence-corrected chi connectivity index (χ1v) is 8.95. The Labute approximate surface area is 166 Å². The number of nitrogens with one attached hydrogen (secondary N) is 1. The Kier molecular flexibility index (Phi) is 4.56. The minimum Gasteiger partial charge on any atom is -0.436 e. The van der Waals surface area contributed by atoms with E-state index in [4.69, 9.17) is 4.42 Å². The molecule has 4 aromatic rings. The highest BCUT2D eigenvalue weighted by Crippen LogP contribution is 2.28. The van der Waals surface area contributed by atoms with E-state index in [0.29, 0.717) is 22.7 Å². The molecule has 0 saturated carbocycles. The van der Waals surface area contributed by atoms with Gasteiger partial charge < -0.3 is 9.73 Å². The van der Waals surface area contributed by atoms with Crippen molar-refractivity contribution in [2.24, 2.45) is 0 Å². The Balaban J connectivity index is 1.61. The van der Waals surface area contributed by atoms with E-state index >= 15 is 0 Å². The lowest BCUT2D eigenvalue weighted by Gasteiger charge is -2.06. The second-order valence-corrected chi connectivity index (χ2v) is 6.77. The number of benzene rings is 3. The smallest absolute Gasteiger partial charge is 0.270 e. The molecule has 0 unspecified atom stereocenters. The van der Waals surface area contributed by atoms with Crippen molar-refractivity contribution >= 4 is 28.4 Å². The molecule has 1 aromatic heterocycles. The maximum Gasteiger partial charge on any atom is 0.270 e. The second kappa shape index (κ2) is 7.20. The van der Waals surface area contributed by atoms with Gasteiger partial charge in [0.15, 0.2) is 5.58 Å². The third-order valence-corrected chi connectivity index (χ3v) is 4.69. The second-order valence-electron chi connectivity index (χ2n) is 6.77. The Morgan fingerprint density at radius 3 is 2.59 bits per heavy atom. The van der Waals surface area contributed by atoms with Gasteiger partial charge in [0, 0.05) is 28.9 Å². The number of fused-ring (bicyclic) bond motifs is 1. The van der Waals surface area contributed by atoms with E-state index in [2.05, 4.69) is 10.3 Å². The number of hydrogen-bond donors (Lipinski definition) is 1. The molecular formula is C22H17N3O4. The number of carbonyl (C=O) groups is 1. The van der Waals surface area contributed by atoms with Crippen LogP contribution < -0.4 is 5.32 Å². The molecule has 3 aromatic carbocycles. The number of amides is 1. The first-order valence-electron chi connectivity index (χ1n) is 8.95. The standard InChI is InChI=1S/C22H17N3O4/c1-13-9-19-20(10-14(13)2)29-22(24-19)16-6-3-7-17(11-16)23-21(26)15-5-4-8-18(12-15)25(27)28/h3-12H,1-2H3,(H,23,26). The molecule has 0 atom stereocenters. The van der Waals surface area contributed by atoms with Crippen LogP contribution in [0, 0.1) is 24.0 Å². The van der Waals surface area contributed by atoms with Crippen molar-refractivity contribution in [1.29, 1.82) is 0 Å². The van der Waals surface area contributed by atoms with Gasteiger partial charge in [0.25, 0.3) is 11.6 Å². The van der Waals surface area contributed by atoms with Crippen molar-refractivity contribution < 1.29 is 14.1 Å². The molecule has 0 aliphatic rings. The van der Waals surface area contributed by atoms with Gasteiger partial charge in [0.1, 0.15) is 5.52 Å². The number of aryl methyl sites for hydroxylation is 2. The zero-order chi connectivity index (χ0) is 20.5. The van der Waals surface area contributed by atoms with Crippen LogP contribution in [0.5, 0.6) is 0 Å². The molecule has 144 valence electrons. The number of nitro benzene ring substituents is 1. The summed E-state index contributed by atoms with van der Waals surface area (Å²) >= 11 is 0. The number of oxazole rings is 1. The van der Waals surface area contributed by atoms with Gasteiger partial charge >= 0.3 is 0 Å². The van der Waals surface area contributed by atoms with Gasteiger partial charge in [-0.1, -0.05) is 12.1 Å². The minimum atomic E-state index is -0.534. The van der Waals surface area contributed by atoms with Crippen LogP contribution in [0.15, 0.2) is 65.1 Å². The molecule has 1 heterocycles. The van der Waals surface area contributed by atoms with Crippen LogP contribution in [0.3, 0.4) is 0 Å². The summed E-state index contributed by atoms with van der Waals surface area (Å²) < 4.78 is 5.88. The van der Waals surface area contributed by atoms with Crippen molar-refractivity contribution in [1.82, 2.24) is 4.98 Å². The van der Waals surface area contributed by atoms with Crippen molar-refractivity contribution in [2.45, 2.75) is 13.8 Å². The van der Waals surface area contributed by atoms with Crippen LogP contribution in [0.2, 0.25) is 0 Å². The lowest BCUT2D eigenvalue weighted by molar-refractivity contribution is -0.384. The zero-order valence-corrected chi connectivity index (χ0v) is 15.8. The summed E-state index contributed by atoms with van der Waals surface area (Å²) in [6.45, 7) is 4.04. The monoisotopic (exact) mass is 387 g/mol. The fourth-order valence-corrected chi connectivity index (χ4v) is 3.00. The van der Waals surface area contributed by atoms with Gasteiger partial charge in [0.05, 0.1) is 4.92 Å². The summed E-state index contributed by atoms with van der Waals surface area (Å²) in [5.41, 5.74) is 5.06. The van der Waals surface area contributed by atoms with Gasteiger partial charge in [0.2, 0.25) is 5.89 Å². The Morgan fingerprint density at radius 2 is 1.79 bits per heavy atom. The fraction of sp³-hybridized carbons (Fsp3) is 0.0909. The predicted octanol–water partition coefficient (Wildman–Crippen LogP) is 5.27. The predicted molar refractivity (Wildman–Crippen MR) is 110 cm³/mol. The van der Waals surface area contributed by atoms with E-state index in [9.17, 15) is 14.9 Å². The van der Waals surface area contributed by atoms with Crippen molar-refractivity contribution in [3.63, 3.8) is 0 Å². The molecule has 1 N–H and O–H groups in total. The van der Waals surface area contributed by atoms with E-state index in [-0.39, 0.29) is 11.3 Å². The fourth-order valence-electron chi connectivity index (χ4n) is 3.00. The number of nitro groups is 1. The topological polar surface area (TPSA) is 98.3 Å². The SMILES string of the molecule is Cc1cc2nc(-c3cccc(NC(=O)c4cccc([N+](=O)[O-])c4)c3)oc2cc1C. The van der Waals surface area contributed by atoms with E-state index < -0.39 is 10.8 Å². The van der Waals surface area contributed by atoms with Crippen molar-refractivity contribution in [2.75, 3.05) is 5.32 Å². The highest BCUT2D eigenvalue weighted by molar-refractivity contribution is 6.04. The molecule has 0 bridgehead atoms. The maximum absolute atomic E-state index is 12.5. The number of aromatic nitrogens is 1. The number of anilines is 1. The molecular weight excluding hydrogens is 370 g/mol. The highest BCUT2D eigenvalue weighted by atomic mass is 16.6. The largest absolute Gasteiger partial charge is 0.436 e. The van der Waals surface area contributed by atoms with Gasteiger partial charge in [-0.05, 0) is 61.4 Å². The summed E-state index contributed by atoms with van der Waals surface area (Å²) in [4.78, 5) is 27.4. The number of hydrogen-bond acceptors (Lipinski definition) is 5. The van der Waals surface area contributed by atoms with Crippen LogP contribution >= 0.6 is 0 Å². The average molecular weight is 387 g/mol. The molecule has 7 nitrogen and oxygen atoms in total. The molecule has 1 amide bonds. The molecule has 0 aliphatic carbocycles. The van der Waals surface area contributed by atoms with Gasteiger partial charge in [-0.25, -0.2) is 4.98 Å². The van der Waals surface area contributed by atoms with Crippen LogP contribution in [0.1, 0.15) is 21.5 Å². The first kappa shape index (κ1) is 18.4. The number of non-ortho nitro benzene ring substituents is 1. The van der Waals surface area contributed by atoms with E-state index in [1.54, 1.807) is 18.2 Å². The summed E-state index contributed by atoms with van der Waals surface area (Å²) in [5, 5.41) is 13.7. The van der Waals surface area contributed by atoms with Crippen LogP contribution in [0.4, 0.5) is 11.4 Å². The maximum atomic E-state index is 12.5. The Hall–Kier alpha value is -4.00. The summed E-state index contributed by atoms with van der Waals surface area (Å²) in [6, 6.07) is 16.6. The van der Waals surface area contributed by atoms with Gasteiger partial charge in [-0.2, -0.15) is 0 Å². The van der Waals surface area contributed by atoms with Gasteiger partial charge in [-0.3, -0.25) is 14.9 Å². The van der Waals surface area contributed by atoms with Gasteiger partial charge in [-0.15, -0.1) is 0 Å². The van der Waals surface area contributed by atoms with Crippen molar-refractivity contribution in [3.05, 3.63) is 87.5 Å². The lowest BCUT2D eigenvalue weighted by Crippen LogP contribution is -2.12. The Bertz CT molecular complexity index is 1220. The molecule has 0 radical (unpaired) electrons. The van der Waals surface area contributed by atoms with Crippen LogP contribution in [0.25, 0.3) is 22.6 Å². The third kappa shape index (κ3) is 3.70. The normalized spacial score (nSPS) is 10.8. The first-order chi connectivity index (χ1) is 13.9. The highest BCUT2D eigenvalue weighted by Gasteiger charge is 2.14. The lowest BCUT2D eigenvalue weighted by atomic mass is 10.1. The van der Waals surface area contributed by atoms with E-state index in [0.717, 1.165) is 16.6 Å². The Morgan fingerprint density at radius 1 is 1.03 bits per heavy atom. The van der Waals surface area contributed by atoms with Crippen molar-refractivity contribution in [3.8, 4) is 11.5 Å². The minimum absolute atomic E-state index is 0.136. The third-order valence-electron chi connectivity index (χ3n) is 4.69. The molecule has 0 spiro atoms. The van der Waals surface area contributed by atoms with E-state index in [1.807, 2.05) is 32.0 Å². The summed E-state index contributed by atoms with van der Waals surface area (Å²) in [5.74, 6) is 0.0195. The molecule has 7 heteroatoms. The van der Waals surface area contributed by atoms with Crippen LogP contribution in [-0.4, -0.2) is 15.8 Å². The number of carbonyl (C=O) groups excluding carboxylic acids is 1. The molecule has 0 fully saturated rings. The quantitative estimate of drug-likeness (QED) is 0.380. The molecule has 0 saturated heterocycles. The summed E-state index contributed by atoms with van der Waals surface area (Å²) in [6.07, 6.45) is 0. The molecule has 0 aliphatic heterocycles. The summed E-state index contributed by atoms with van der Waals surface area (Å²) in [7, 11) is 0. The molecule has 29 heavy (non-hydrogen) atoms. The number of nitrogens with zero attached hydrogens (tertiary/aromatic N) is 2. The van der Waals surface area contributed by atoms with E-state index in [1.165, 1.54) is 24.3 Å². The average Bonchev–Trinajstić information content (AvgIpc) is 3.11. The molecule has 4 rings (SSSR count). The van der Waals surface area contributed by atoms with Crippen LogP contribution in [-0.2, 0) is 0 Å². The zero-order valence-electron chi connectivity index (χ0n) is 15.8.